The highest BCUT2D eigenvalue weighted by Crippen LogP contribution is 2.39. The topological polar surface area (TPSA) is 18.5 Å². The molecular weight excluding hydrogens is 230 g/mol. The minimum atomic E-state index is -1.10. The van der Waals surface area contributed by atoms with Crippen LogP contribution in [-0.2, 0) is 9.05 Å². The van der Waals surface area contributed by atoms with Crippen LogP contribution in [0.3, 0.4) is 0 Å². The van der Waals surface area contributed by atoms with Crippen molar-refractivity contribution < 1.29 is 9.05 Å². The van der Waals surface area contributed by atoms with Crippen LogP contribution in [0.2, 0.25) is 10.0 Å². The first-order valence-electron chi connectivity index (χ1n) is 3.53. The van der Waals surface area contributed by atoms with E-state index >= 15 is 0 Å². The maximum atomic E-state index is 5.97. The third kappa shape index (κ3) is 2.55. The van der Waals surface area contributed by atoms with E-state index in [1.54, 1.807) is 20.3 Å². The summed E-state index contributed by atoms with van der Waals surface area (Å²) in [4.78, 5) is 0. The molecule has 0 aliphatic heterocycles. The number of hydrogen-bond donors (Lipinski definition) is 0. The van der Waals surface area contributed by atoms with Gasteiger partial charge in [-0.25, -0.2) is 0 Å². The van der Waals surface area contributed by atoms with Crippen molar-refractivity contribution in [3.8, 4) is 0 Å². The molecule has 0 amide bonds. The molecule has 0 N–H and O–H groups in total. The molecule has 0 aromatic heterocycles. The maximum Gasteiger partial charge on any atom is 0.206 e. The third-order valence-electron chi connectivity index (χ3n) is 1.46. The fourth-order valence-corrected chi connectivity index (χ4v) is 2.51. The highest BCUT2D eigenvalue weighted by Gasteiger charge is 2.15. The van der Waals surface area contributed by atoms with E-state index in [2.05, 4.69) is 0 Å². The zero-order chi connectivity index (χ0) is 9.84. The standard InChI is InChI=1S/C8H9Cl2O2P/c1-11-13(12-2)7-5-3-4-6(9)8(7)10/h3-5H,1-2H3. The molecule has 0 atom stereocenters. The second-order valence-electron chi connectivity index (χ2n) is 2.20. The Morgan fingerprint density at radius 3 is 2.31 bits per heavy atom. The van der Waals surface area contributed by atoms with Crippen molar-refractivity contribution in [1.29, 1.82) is 0 Å². The molecular formula is C8H9Cl2O2P. The Morgan fingerprint density at radius 1 is 1.15 bits per heavy atom. The van der Waals surface area contributed by atoms with Crippen LogP contribution in [-0.4, -0.2) is 14.2 Å². The van der Waals surface area contributed by atoms with Gasteiger partial charge in [0.1, 0.15) is 0 Å². The molecule has 0 heterocycles. The lowest BCUT2D eigenvalue weighted by Gasteiger charge is -2.13. The Hall–Kier alpha value is 0.150. The Kier molecular flexibility index (Phi) is 4.43. The van der Waals surface area contributed by atoms with Gasteiger partial charge in [0.15, 0.2) is 0 Å². The van der Waals surface area contributed by atoms with Crippen LogP contribution in [0.15, 0.2) is 18.2 Å². The van der Waals surface area contributed by atoms with Crippen molar-refractivity contribution in [2.24, 2.45) is 0 Å². The molecule has 13 heavy (non-hydrogen) atoms. The van der Waals surface area contributed by atoms with Gasteiger partial charge in [0, 0.05) is 19.5 Å². The Labute approximate surface area is 88.7 Å². The first kappa shape index (κ1) is 11.2. The summed E-state index contributed by atoms with van der Waals surface area (Å²) in [6.45, 7) is 0. The van der Waals surface area contributed by atoms with Crippen molar-refractivity contribution in [2.75, 3.05) is 14.2 Å². The molecule has 0 spiro atoms. The Balaban J connectivity index is 3.05. The molecule has 0 aliphatic rings. The van der Waals surface area contributed by atoms with Gasteiger partial charge >= 0.3 is 0 Å². The highest BCUT2D eigenvalue weighted by atomic mass is 35.5. The highest BCUT2D eigenvalue weighted by molar-refractivity contribution is 7.56. The molecule has 2 nitrogen and oxygen atoms in total. The van der Waals surface area contributed by atoms with E-state index in [0.29, 0.717) is 10.0 Å². The van der Waals surface area contributed by atoms with Crippen molar-refractivity contribution in [1.82, 2.24) is 0 Å². The summed E-state index contributed by atoms with van der Waals surface area (Å²) in [5.74, 6) is 0. The van der Waals surface area contributed by atoms with Crippen LogP contribution in [0.5, 0.6) is 0 Å². The average molecular weight is 239 g/mol. The van der Waals surface area contributed by atoms with Crippen LogP contribution in [0, 0.1) is 0 Å². The lowest BCUT2D eigenvalue weighted by Crippen LogP contribution is -2.04. The van der Waals surface area contributed by atoms with Crippen LogP contribution in [0.25, 0.3) is 0 Å². The van der Waals surface area contributed by atoms with Gasteiger partial charge in [0.05, 0.1) is 10.0 Å². The predicted octanol–water partition coefficient (Wildman–Crippen LogP) is 3.22. The molecule has 1 aromatic rings. The molecule has 0 unspecified atom stereocenters. The number of benzene rings is 1. The fraction of sp³-hybridized carbons (Fsp3) is 0.250. The van der Waals surface area contributed by atoms with E-state index in [1.807, 2.05) is 12.1 Å². The van der Waals surface area contributed by atoms with Crippen molar-refractivity contribution >= 4 is 36.9 Å². The van der Waals surface area contributed by atoms with Gasteiger partial charge in [-0.1, -0.05) is 29.3 Å². The Morgan fingerprint density at radius 2 is 1.77 bits per heavy atom. The van der Waals surface area contributed by atoms with Crippen LogP contribution >= 0.6 is 31.6 Å². The zero-order valence-electron chi connectivity index (χ0n) is 7.25. The van der Waals surface area contributed by atoms with E-state index in [4.69, 9.17) is 32.2 Å². The lowest BCUT2D eigenvalue weighted by atomic mass is 10.4. The van der Waals surface area contributed by atoms with E-state index in [0.717, 1.165) is 5.30 Å². The average Bonchev–Trinajstić information content (AvgIpc) is 2.14. The summed E-state index contributed by atoms with van der Waals surface area (Å²) >= 11 is 11.8. The van der Waals surface area contributed by atoms with Crippen LogP contribution in [0.1, 0.15) is 0 Å². The number of halogens is 2. The monoisotopic (exact) mass is 238 g/mol. The van der Waals surface area contributed by atoms with Gasteiger partial charge in [-0.3, -0.25) is 0 Å². The first-order chi connectivity index (χ1) is 6.20. The summed E-state index contributed by atoms with van der Waals surface area (Å²) in [6, 6.07) is 5.38. The van der Waals surface area contributed by atoms with E-state index in [9.17, 15) is 0 Å². The minimum Gasteiger partial charge on any atom is -0.334 e. The third-order valence-corrected chi connectivity index (χ3v) is 3.84. The molecule has 0 saturated carbocycles. The molecule has 1 rings (SSSR count). The molecule has 0 bridgehead atoms. The van der Waals surface area contributed by atoms with Crippen molar-refractivity contribution in [3.63, 3.8) is 0 Å². The smallest absolute Gasteiger partial charge is 0.206 e. The lowest BCUT2D eigenvalue weighted by molar-refractivity contribution is 0.350. The summed E-state index contributed by atoms with van der Waals surface area (Å²) < 4.78 is 10.2. The SMILES string of the molecule is COP(OC)c1cccc(Cl)c1Cl. The van der Waals surface area contributed by atoms with E-state index in [1.165, 1.54) is 0 Å². The molecule has 0 fully saturated rings. The second-order valence-corrected chi connectivity index (χ2v) is 4.71. The van der Waals surface area contributed by atoms with Crippen LogP contribution in [0.4, 0.5) is 0 Å². The zero-order valence-corrected chi connectivity index (χ0v) is 9.66. The quantitative estimate of drug-likeness (QED) is 0.754. The minimum absolute atomic E-state index is 0.499. The summed E-state index contributed by atoms with van der Waals surface area (Å²) in [7, 11) is 2.05. The first-order valence-corrected chi connectivity index (χ1v) is 5.46. The van der Waals surface area contributed by atoms with Crippen molar-refractivity contribution in [2.45, 2.75) is 0 Å². The van der Waals surface area contributed by atoms with Gasteiger partial charge in [-0.15, -0.1) is 0 Å². The molecule has 0 aliphatic carbocycles. The van der Waals surface area contributed by atoms with E-state index < -0.39 is 8.38 Å². The molecule has 72 valence electrons. The number of rotatable bonds is 3. The van der Waals surface area contributed by atoms with Gasteiger partial charge in [-0.2, -0.15) is 0 Å². The molecule has 5 heteroatoms. The normalized spacial score (nSPS) is 10.8. The van der Waals surface area contributed by atoms with E-state index in [-0.39, 0.29) is 0 Å². The van der Waals surface area contributed by atoms with Gasteiger partial charge in [0.2, 0.25) is 8.38 Å². The van der Waals surface area contributed by atoms with Gasteiger partial charge in [0.25, 0.3) is 0 Å². The largest absolute Gasteiger partial charge is 0.334 e. The Bertz CT molecular complexity index is 289. The van der Waals surface area contributed by atoms with Gasteiger partial charge in [-0.05, 0) is 12.1 Å². The summed E-state index contributed by atoms with van der Waals surface area (Å²) in [5.41, 5.74) is 0. The maximum absolute atomic E-state index is 5.97. The molecule has 0 radical (unpaired) electrons. The fourth-order valence-electron chi connectivity index (χ4n) is 0.905. The number of hydrogen-bond acceptors (Lipinski definition) is 2. The summed E-state index contributed by atoms with van der Waals surface area (Å²) in [5, 5.41) is 1.81. The van der Waals surface area contributed by atoms with Crippen molar-refractivity contribution in [3.05, 3.63) is 28.2 Å². The van der Waals surface area contributed by atoms with Crippen LogP contribution < -0.4 is 5.30 Å². The van der Waals surface area contributed by atoms with Gasteiger partial charge < -0.3 is 9.05 Å². The molecule has 1 aromatic carbocycles. The second kappa shape index (κ2) is 5.14. The molecule has 0 saturated heterocycles. The summed E-state index contributed by atoms with van der Waals surface area (Å²) in [6.07, 6.45) is 0. The predicted molar refractivity (Wildman–Crippen MR) is 57.0 cm³/mol.